The average molecular weight is 406 g/mol. The Bertz CT molecular complexity index is 824. The highest BCUT2D eigenvalue weighted by atomic mass is 16.7. The predicted molar refractivity (Wildman–Crippen MR) is 97.6 cm³/mol. The number of nitro groups is 1. The summed E-state index contributed by atoms with van der Waals surface area (Å²) in [4.78, 5) is 46.4. The minimum absolute atomic E-state index is 0.157. The molecule has 0 saturated heterocycles. The maximum absolute atomic E-state index is 12.1. The summed E-state index contributed by atoms with van der Waals surface area (Å²) in [6, 6.07) is 5.27. The maximum atomic E-state index is 12.1. The minimum atomic E-state index is -0.736. The van der Waals surface area contributed by atoms with Crippen LogP contribution in [0.5, 0.6) is 11.5 Å². The fraction of sp³-hybridized carbons (Fsp3) is 0.526. The van der Waals surface area contributed by atoms with Crippen molar-refractivity contribution in [3.63, 3.8) is 0 Å². The van der Waals surface area contributed by atoms with Crippen molar-refractivity contribution in [3.8, 4) is 11.5 Å². The van der Waals surface area contributed by atoms with Crippen molar-refractivity contribution in [2.24, 2.45) is 17.8 Å². The number of Topliss-reactive ketones (excluding diaryl/α,β-unsaturated/α-hetero) is 1. The van der Waals surface area contributed by atoms with Crippen LogP contribution in [0, 0.1) is 27.9 Å². The van der Waals surface area contributed by atoms with E-state index in [4.69, 9.17) is 14.2 Å². The van der Waals surface area contributed by atoms with Gasteiger partial charge in [-0.05, 0) is 23.6 Å². The molecule has 1 amide bonds. The molecule has 3 atom stereocenters. The van der Waals surface area contributed by atoms with Crippen LogP contribution < -0.4 is 14.8 Å². The molecule has 0 spiro atoms. The summed E-state index contributed by atoms with van der Waals surface area (Å²) >= 11 is 0. The topological polar surface area (TPSA) is 134 Å². The molecule has 1 aliphatic carbocycles. The number of hydrogen-bond donors (Lipinski definition) is 1. The van der Waals surface area contributed by atoms with Gasteiger partial charge in [-0.3, -0.25) is 24.5 Å². The first-order chi connectivity index (χ1) is 13.8. The molecule has 1 aromatic rings. The molecule has 1 N–H and O–H groups in total. The molecule has 10 heteroatoms. The normalized spacial score (nSPS) is 22.4. The summed E-state index contributed by atoms with van der Waals surface area (Å²) in [5.41, 5.74) is 0.794. The second-order valence-corrected chi connectivity index (χ2v) is 7.26. The van der Waals surface area contributed by atoms with Crippen LogP contribution in [0.3, 0.4) is 0 Å². The highest BCUT2D eigenvalue weighted by Crippen LogP contribution is 2.36. The van der Waals surface area contributed by atoms with E-state index in [0.29, 0.717) is 11.5 Å². The quantitative estimate of drug-likeness (QED) is 0.385. The van der Waals surface area contributed by atoms with Gasteiger partial charge in [-0.1, -0.05) is 13.0 Å². The van der Waals surface area contributed by atoms with Crippen LogP contribution in [0.1, 0.15) is 25.3 Å². The lowest BCUT2D eigenvalue weighted by Gasteiger charge is -2.17. The molecule has 2 aliphatic rings. The Hall–Kier alpha value is -3.17. The van der Waals surface area contributed by atoms with Crippen molar-refractivity contribution in [1.82, 2.24) is 5.32 Å². The largest absolute Gasteiger partial charge is 0.456 e. The molecule has 10 nitrogen and oxygen atoms in total. The van der Waals surface area contributed by atoms with Crippen LogP contribution >= 0.6 is 0 Å². The standard InChI is InChI=1S/C19H22N2O8/c1-11-4-15(22)13(14(11)8-21(25)26)6-19(24)27-9-18(23)20-7-12-2-3-16-17(5-12)29-10-28-16/h2-3,5,11,13-14H,4,6-10H2,1H3,(H,20,23)/t11-,13-,14+/m0/s1. The fourth-order valence-electron chi connectivity index (χ4n) is 3.69. The van der Waals surface area contributed by atoms with Crippen molar-refractivity contribution in [2.75, 3.05) is 19.9 Å². The monoisotopic (exact) mass is 406 g/mol. The van der Waals surface area contributed by atoms with Crippen LogP contribution in [0.15, 0.2) is 18.2 Å². The Balaban J connectivity index is 1.43. The van der Waals surface area contributed by atoms with Gasteiger partial charge >= 0.3 is 5.97 Å². The Kier molecular flexibility index (Phi) is 6.30. The van der Waals surface area contributed by atoms with E-state index in [-0.39, 0.29) is 44.4 Å². The van der Waals surface area contributed by atoms with E-state index in [1.807, 2.05) is 0 Å². The molecule has 29 heavy (non-hydrogen) atoms. The molecule has 1 aliphatic heterocycles. The van der Waals surface area contributed by atoms with E-state index in [2.05, 4.69) is 5.32 Å². The number of rotatable bonds is 8. The van der Waals surface area contributed by atoms with E-state index in [1.54, 1.807) is 25.1 Å². The van der Waals surface area contributed by atoms with Crippen LogP contribution in [-0.2, 0) is 25.7 Å². The number of fused-ring (bicyclic) bond motifs is 1. The summed E-state index contributed by atoms with van der Waals surface area (Å²) < 4.78 is 15.4. The number of esters is 1. The van der Waals surface area contributed by atoms with Crippen molar-refractivity contribution >= 4 is 17.7 Å². The molecule has 0 aromatic heterocycles. The molecule has 0 unspecified atom stereocenters. The second-order valence-electron chi connectivity index (χ2n) is 7.26. The first kappa shape index (κ1) is 20.6. The van der Waals surface area contributed by atoms with E-state index in [1.165, 1.54) is 0 Å². The highest BCUT2D eigenvalue weighted by molar-refractivity contribution is 5.88. The molecule has 1 aromatic carbocycles. The molecular weight excluding hydrogens is 384 g/mol. The lowest BCUT2D eigenvalue weighted by atomic mass is 9.88. The number of nitrogens with zero attached hydrogens (tertiary/aromatic N) is 1. The van der Waals surface area contributed by atoms with Gasteiger partial charge < -0.3 is 19.5 Å². The van der Waals surface area contributed by atoms with Crippen LogP contribution in [0.4, 0.5) is 0 Å². The molecule has 0 radical (unpaired) electrons. The van der Waals surface area contributed by atoms with Gasteiger partial charge in [0.2, 0.25) is 13.3 Å². The Morgan fingerprint density at radius 3 is 2.83 bits per heavy atom. The number of ether oxygens (including phenoxy) is 3. The zero-order chi connectivity index (χ0) is 21.0. The molecule has 1 saturated carbocycles. The summed E-state index contributed by atoms with van der Waals surface area (Å²) in [6.07, 6.45) is -0.0381. The summed E-state index contributed by atoms with van der Waals surface area (Å²) in [5, 5.41) is 13.4. The third-order valence-electron chi connectivity index (χ3n) is 5.22. The summed E-state index contributed by atoms with van der Waals surface area (Å²) in [7, 11) is 0. The van der Waals surface area contributed by atoms with Gasteiger partial charge in [0.05, 0.1) is 6.42 Å². The van der Waals surface area contributed by atoms with E-state index < -0.39 is 35.2 Å². The summed E-state index contributed by atoms with van der Waals surface area (Å²) in [6.45, 7) is 1.30. The smallest absolute Gasteiger partial charge is 0.307 e. The molecular formula is C19H22N2O8. The van der Waals surface area contributed by atoms with Gasteiger partial charge in [-0.2, -0.15) is 0 Å². The fourth-order valence-corrected chi connectivity index (χ4v) is 3.69. The molecule has 156 valence electrons. The van der Waals surface area contributed by atoms with E-state index >= 15 is 0 Å². The molecule has 0 bridgehead atoms. The summed E-state index contributed by atoms with van der Waals surface area (Å²) in [5.74, 6) is -1.54. The zero-order valence-corrected chi connectivity index (χ0v) is 15.9. The number of nitrogens with one attached hydrogen (secondary N) is 1. The number of amides is 1. The molecule has 3 rings (SSSR count). The average Bonchev–Trinajstić information content (AvgIpc) is 3.23. The van der Waals surface area contributed by atoms with Gasteiger partial charge in [-0.15, -0.1) is 0 Å². The Labute approximate surface area is 166 Å². The van der Waals surface area contributed by atoms with Crippen LogP contribution in [-0.4, -0.2) is 42.5 Å². The number of hydrogen-bond acceptors (Lipinski definition) is 8. The van der Waals surface area contributed by atoms with Gasteiger partial charge in [0.1, 0.15) is 5.78 Å². The van der Waals surface area contributed by atoms with Gasteiger partial charge in [0.15, 0.2) is 18.1 Å². The maximum Gasteiger partial charge on any atom is 0.307 e. The Morgan fingerprint density at radius 2 is 2.07 bits per heavy atom. The lowest BCUT2D eigenvalue weighted by Crippen LogP contribution is -2.30. The third-order valence-corrected chi connectivity index (χ3v) is 5.22. The lowest BCUT2D eigenvalue weighted by molar-refractivity contribution is -0.490. The first-order valence-corrected chi connectivity index (χ1v) is 9.29. The van der Waals surface area contributed by atoms with Gasteiger partial charge in [0.25, 0.3) is 5.91 Å². The number of benzene rings is 1. The van der Waals surface area contributed by atoms with E-state index in [9.17, 15) is 24.5 Å². The van der Waals surface area contributed by atoms with Crippen molar-refractivity contribution in [2.45, 2.75) is 26.3 Å². The van der Waals surface area contributed by atoms with Crippen molar-refractivity contribution < 1.29 is 33.5 Å². The van der Waals surface area contributed by atoms with Gasteiger partial charge in [-0.25, -0.2) is 0 Å². The molecule has 1 fully saturated rings. The number of carbonyl (C=O) groups is 3. The van der Waals surface area contributed by atoms with Crippen LogP contribution in [0.2, 0.25) is 0 Å². The number of carbonyl (C=O) groups excluding carboxylic acids is 3. The first-order valence-electron chi connectivity index (χ1n) is 9.29. The van der Waals surface area contributed by atoms with Gasteiger partial charge in [0, 0.05) is 29.7 Å². The van der Waals surface area contributed by atoms with E-state index in [0.717, 1.165) is 5.56 Å². The van der Waals surface area contributed by atoms with Crippen molar-refractivity contribution in [3.05, 3.63) is 33.9 Å². The second kappa shape index (κ2) is 8.89. The number of ketones is 1. The zero-order valence-electron chi connectivity index (χ0n) is 15.9. The Morgan fingerprint density at radius 1 is 1.31 bits per heavy atom. The minimum Gasteiger partial charge on any atom is -0.456 e. The van der Waals surface area contributed by atoms with Crippen LogP contribution in [0.25, 0.3) is 0 Å². The van der Waals surface area contributed by atoms with Crippen molar-refractivity contribution in [1.29, 1.82) is 0 Å². The predicted octanol–water partition coefficient (Wildman–Crippen LogP) is 1.08. The SMILES string of the molecule is C[C@H]1CC(=O)[C@@H](CC(=O)OCC(=O)NCc2ccc3c(c2)OCO3)[C@@H]1C[N+](=O)[O-]. The highest BCUT2D eigenvalue weighted by Gasteiger charge is 2.44. The third kappa shape index (κ3) is 5.21. The molecule has 1 heterocycles.